The number of anilines is 1. The number of aromatic nitrogens is 1. The molecule has 2 aromatic carbocycles. The van der Waals surface area contributed by atoms with Gasteiger partial charge in [0.15, 0.2) is 5.69 Å². The molecule has 0 aliphatic rings. The third kappa shape index (κ3) is 3.67. The number of aromatic hydroxyl groups is 1. The van der Waals surface area contributed by atoms with Gasteiger partial charge in [0.1, 0.15) is 5.75 Å². The number of azo groups is 1. The van der Waals surface area contributed by atoms with E-state index in [2.05, 4.69) is 22.5 Å². The second-order valence-electron chi connectivity index (χ2n) is 5.70. The fourth-order valence-electron chi connectivity index (χ4n) is 2.74. The Morgan fingerprint density at radius 3 is 2.62 bits per heavy atom. The Hall–Kier alpha value is -2.93. The van der Waals surface area contributed by atoms with Crippen LogP contribution < -0.4 is 10.1 Å². The number of aryl methyl sites for hydroxylation is 1. The monoisotopic (exact) mass is 368 g/mol. The molecule has 0 aliphatic carbocycles. The van der Waals surface area contributed by atoms with Gasteiger partial charge in [-0.05, 0) is 49.0 Å². The molecular weight excluding hydrogens is 348 g/mol. The minimum absolute atomic E-state index is 0.101. The van der Waals surface area contributed by atoms with Gasteiger partial charge in [-0.2, -0.15) is 0 Å². The van der Waals surface area contributed by atoms with Crippen molar-refractivity contribution in [2.75, 3.05) is 12.4 Å². The Kier molecular flexibility index (Phi) is 5.48. The maximum absolute atomic E-state index is 10.5. The van der Waals surface area contributed by atoms with E-state index in [-0.39, 0.29) is 11.0 Å². The number of nitrogens with zero attached hydrogens (tertiary/aromatic N) is 3. The van der Waals surface area contributed by atoms with Crippen LogP contribution in [0.3, 0.4) is 0 Å². The molecule has 0 bridgehead atoms. The Morgan fingerprint density at radius 1 is 1.19 bits per heavy atom. The Labute approximate surface area is 157 Å². The lowest BCUT2D eigenvalue weighted by Gasteiger charge is -2.04. The van der Waals surface area contributed by atoms with Crippen LogP contribution in [-0.2, 0) is 6.54 Å². The molecule has 0 fully saturated rings. The van der Waals surface area contributed by atoms with Crippen LogP contribution in [0.5, 0.6) is 11.6 Å². The quantitative estimate of drug-likeness (QED) is 0.477. The highest BCUT2D eigenvalue weighted by Gasteiger charge is 2.15. The maximum atomic E-state index is 10.5. The fraction of sp³-hybridized carbons (Fsp3) is 0.211. The summed E-state index contributed by atoms with van der Waals surface area (Å²) < 4.78 is 6.96. The van der Waals surface area contributed by atoms with Gasteiger partial charge in [-0.15, -0.1) is 10.2 Å². The van der Waals surface area contributed by atoms with E-state index in [1.165, 1.54) is 0 Å². The van der Waals surface area contributed by atoms with Gasteiger partial charge in [0.25, 0.3) is 0 Å². The van der Waals surface area contributed by atoms with Crippen LogP contribution in [0.2, 0.25) is 0 Å². The molecule has 7 heteroatoms. The van der Waals surface area contributed by atoms with E-state index in [9.17, 15) is 5.11 Å². The first-order valence-corrected chi connectivity index (χ1v) is 8.71. The predicted octanol–water partition coefficient (Wildman–Crippen LogP) is 5.25. The van der Waals surface area contributed by atoms with Gasteiger partial charge in [0.2, 0.25) is 11.0 Å². The van der Waals surface area contributed by atoms with Crippen molar-refractivity contribution in [1.29, 1.82) is 0 Å². The minimum Gasteiger partial charge on any atom is -0.497 e. The number of thiocarbonyl (C=S) groups is 1. The Morgan fingerprint density at radius 2 is 1.92 bits per heavy atom. The average molecular weight is 368 g/mol. The Bertz CT molecular complexity index is 948. The zero-order chi connectivity index (χ0) is 18.5. The second-order valence-corrected chi connectivity index (χ2v) is 6.09. The number of hydrogen-bond acceptors (Lipinski definition) is 4. The molecule has 0 saturated carbocycles. The van der Waals surface area contributed by atoms with Crippen molar-refractivity contribution in [2.45, 2.75) is 19.9 Å². The van der Waals surface area contributed by atoms with Crippen molar-refractivity contribution >= 4 is 39.6 Å². The number of nitrogens with one attached hydrogen (secondary N) is 1. The molecule has 26 heavy (non-hydrogen) atoms. The first-order valence-electron chi connectivity index (χ1n) is 8.31. The first kappa shape index (κ1) is 17.9. The third-order valence-corrected chi connectivity index (χ3v) is 4.13. The zero-order valence-electron chi connectivity index (χ0n) is 14.6. The molecule has 1 aromatic heterocycles. The molecule has 0 spiro atoms. The standard InChI is InChI=1S/C19H20N4O2S/c1-3-12-23-16-7-5-4-6-15(16)17(18(23)24)21-22-19(26)20-13-8-10-14(25-2)11-9-13/h4-11,24H,3,12H2,1-2H3,(H,20,26). The largest absolute Gasteiger partial charge is 0.497 e. The molecule has 0 radical (unpaired) electrons. The lowest BCUT2D eigenvalue weighted by Crippen LogP contribution is -2.04. The van der Waals surface area contributed by atoms with E-state index in [0.717, 1.165) is 28.8 Å². The maximum Gasteiger partial charge on any atom is 0.220 e. The van der Waals surface area contributed by atoms with E-state index in [0.29, 0.717) is 12.2 Å². The number of hydrogen-bond donors (Lipinski definition) is 2. The molecule has 0 unspecified atom stereocenters. The number of methoxy groups -OCH3 is 1. The second kappa shape index (κ2) is 7.97. The third-order valence-electron chi connectivity index (χ3n) is 3.95. The van der Waals surface area contributed by atoms with Gasteiger partial charge in [0, 0.05) is 17.6 Å². The van der Waals surface area contributed by atoms with Crippen LogP contribution in [0, 0.1) is 0 Å². The number of benzene rings is 2. The molecule has 6 nitrogen and oxygen atoms in total. The Balaban J connectivity index is 1.83. The number of rotatable bonds is 5. The summed E-state index contributed by atoms with van der Waals surface area (Å²) in [5.41, 5.74) is 2.13. The lowest BCUT2D eigenvalue weighted by molar-refractivity contribution is 0.415. The summed E-state index contributed by atoms with van der Waals surface area (Å²) >= 11 is 5.23. The van der Waals surface area contributed by atoms with Crippen LogP contribution in [0.1, 0.15) is 13.3 Å². The van der Waals surface area contributed by atoms with Crippen LogP contribution in [0.25, 0.3) is 10.9 Å². The van der Waals surface area contributed by atoms with E-state index >= 15 is 0 Å². The van der Waals surface area contributed by atoms with Crippen LogP contribution in [-0.4, -0.2) is 21.9 Å². The van der Waals surface area contributed by atoms with E-state index in [1.807, 2.05) is 53.1 Å². The molecule has 3 rings (SSSR count). The van der Waals surface area contributed by atoms with Crippen molar-refractivity contribution in [3.8, 4) is 11.6 Å². The molecule has 0 atom stereocenters. The SMILES string of the molecule is CCCn1c(O)c(N=NC(=S)Nc2ccc(OC)cc2)c2ccccc21. The minimum atomic E-state index is 0.101. The average Bonchev–Trinajstić information content (AvgIpc) is 2.93. The highest BCUT2D eigenvalue weighted by atomic mass is 32.1. The highest BCUT2D eigenvalue weighted by Crippen LogP contribution is 2.38. The summed E-state index contributed by atoms with van der Waals surface area (Å²) in [7, 11) is 1.61. The summed E-state index contributed by atoms with van der Waals surface area (Å²) in [5, 5.41) is 22.8. The summed E-state index contributed by atoms with van der Waals surface area (Å²) in [6, 6.07) is 15.0. The topological polar surface area (TPSA) is 71.1 Å². The van der Waals surface area contributed by atoms with E-state index in [1.54, 1.807) is 7.11 Å². The first-order chi connectivity index (χ1) is 12.6. The highest BCUT2D eigenvalue weighted by molar-refractivity contribution is 7.80. The molecule has 1 heterocycles. The number of para-hydroxylation sites is 1. The van der Waals surface area contributed by atoms with Crippen molar-refractivity contribution in [3.05, 3.63) is 48.5 Å². The van der Waals surface area contributed by atoms with Gasteiger partial charge >= 0.3 is 0 Å². The van der Waals surface area contributed by atoms with Gasteiger partial charge < -0.3 is 19.7 Å². The number of fused-ring (bicyclic) bond motifs is 1. The molecular formula is C19H20N4O2S. The van der Waals surface area contributed by atoms with E-state index in [4.69, 9.17) is 17.0 Å². The molecule has 3 aromatic rings. The molecule has 2 N–H and O–H groups in total. The van der Waals surface area contributed by atoms with Crippen molar-refractivity contribution in [3.63, 3.8) is 0 Å². The summed E-state index contributed by atoms with van der Waals surface area (Å²) in [6.07, 6.45) is 0.903. The van der Waals surface area contributed by atoms with Crippen molar-refractivity contribution < 1.29 is 9.84 Å². The normalized spacial score (nSPS) is 11.2. The van der Waals surface area contributed by atoms with E-state index < -0.39 is 0 Å². The van der Waals surface area contributed by atoms with Crippen LogP contribution in [0.4, 0.5) is 11.4 Å². The number of ether oxygens (including phenoxy) is 1. The fourth-order valence-corrected chi connectivity index (χ4v) is 2.90. The van der Waals surface area contributed by atoms with Gasteiger partial charge in [-0.25, -0.2) is 0 Å². The summed E-state index contributed by atoms with van der Waals surface area (Å²) in [5.74, 6) is 0.862. The summed E-state index contributed by atoms with van der Waals surface area (Å²) in [4.78, 5) is 0. The van der Waals surface area contributed by atoms with Crippen LogP contribution >= 0.6 is 12.2 Å². The van der Waals surface area contributed by atoms with Gasteiger partial charge in [-0.1, -0.05) is 25.1 Å². The molecule has 0 aliphatic heterocycles. The smallest absolute Gasteiger partial charge is 0.220 e. The van der Waals surface area contributed by atoms with Gasteiger partial charge in [0.05, 0.1) is 12.6 Å². The lowest BCUT2D eigenvalue weighted by atomic mass is 10.2. The molecule has 0 saturated heterocycles. The van der Waals surface area contributed by atoms with Crippen molar-refractivity contribution in [2.24, 2.45) is 10.2 Å². The van der Waals surface area contributed by atoms with Crippen molar-refractivity contribution in [1.82, 2.24) is 4.57 Å². The summed E-state index contributed by atoms with van der Waals surface area (Å²) in [6.45, 7) is 2.76. The van der Waals surface area contributed by atoms with Gasteiger partial charge in [-0.3, -0.25) is 0 Å². The van der Waals surface area contributed by atoms with Crippen LogP contribution in [0.15, 0.2) is 58.8 Å². The predicted molar refractivity (Wildman–Crippen MR) is 108 cm³/mol. The molecule has 134 valence electrons. The zero-order valence-corrected chi connectivity index (χ0v) is 15.5. The molecule has 0 amide bonds.